The van der Waals surface area contributed by atoms with Crippen molar-refractivity contribution in [3.8, 4) is 0 Å². The van der Waals surface area contributed by atoms with E-state index in [9.17, 15) is 4.79 Å². The third-order valence-corrected chi connectivity index (χ3v) is 1.99. The molecule has 0 spiro atoms. The Morgan fingerprint density at radius 3 is 2.93 bits per heavy atom. The maximum atomic E-state index is 10.9. The molecule has 0 aliphatic carbocycles. The van der Waals surface area contributed by atoms with Gasteiger partial charge in [-0.15, -0.1) is 0 Å². The summed E-state index contributed by atoms with van der Waals surface area (Å²) in [5.74, 6) is -0.809. The molecular weight excluding hydrogens is 204 g/mol. The maximum Gasteiger partial charge on any atom is 0.363 e. The first-order valence-corrected chi connectivity index (χ1v) is 4.89. The molecular formula is C9H16O6. The smallest absolute Gasteiger partial charge is 0.363 e. The molecule has 0 amide bonds. The predicted octanol–water partition coefficient (Wildman–Crippen LogP) is -0.966. The Kier molecular flexibility index (Phi) is 4.97. The van der Waals surface area contributed by atoms with E-state index in [1.807, 2.05) is 0 Å². The molecule has 0 unspecified atom stereocenters. The molecule has 3 atom stereocenters. The summed E-state index contributed by atoms with van der Waals surface area (Å²) in [6.45, 7) is 2.17. The van der Waals surface area contributed by atoms with Gasteiger partial charge >= 0.3 is 5.97 Å². The van der Waals surface area contributed by atoms with E-state index in [1.54, 1.807) is 6.92 Å². The molecule has 2 N–H and O–H groups in total. The van der Waals surface area contributed by atoms with Gasteiger partial charge in [0, 0.05) is 6.42 Å². The highest BCUT2D eigenvalue weighted by Gasteiger charge is 2.26. The van der Waals surface area contributed by atoms with Crippen LogP contribution in [0.1, 0.15) is 13.3 Å². The predicted molar refractivity (Wildman–Crippen MR) is 49.0 cm³/mol. The van der Waals surface area contributed by atoms with Gasteiger partial charge in [-0.05, 0) is 6.92 Å². The second-order valence-electron chi connectivity index (χ2n) is 3.28. The number of carbonyl (C=O) groups is 1. The van der Waals surface area contributed by atoms with Crippen molar-refractivity contribution in [2.24, 2.45) is 0 Å². The van der Waals surface area contributed by atoms with E-state index in [0.717, 1.165) is 0 Å². The fraction of sp³-hybridized carbons (Fsp3) is 0.889. The standard InChI is InChI=1S/C9H16O6/c1-2-13-8(11)9(12)15-5-7-3-6(10)4-14-7/h6-7,9-10,12H,2-5H2,1H3/t6-,7+,9-/m0/s1. The highest BCUT2D eigenvalue weighted by Crippen LogP contribution is 2.13. The molecule has 0 radical (unpaired) electrons. The van der Waals surface area contributed by atoms with Crippen molar-refractivity contribution in [3.05, 3.63) is 0 Å². The van der Waals surface area contributed by atoms with Crippen LogP contribution in [0.5, 0.6) is 0 Å². The van der Waals surface area contributed by atoms with E-state index in [0.29, 0.717) is 6.42 Å². The number of carbonyl (C=O) groups excluding carboxylic acids is 1. The zero-order chi connectivity index (χ0) is 11.3. The van der Waals surface area contributed by atoms with Gasteiger partial charge in [0.05, 0.1) is 32.0 Å². The first kappa shape index (κ1) is 12.4. The van der Waals surface area contributed by atoms with Crippen LogP contribution in [0.2, 0.25) is 0 Å². The summed E-state index contributed by atoms with van der Waals surface area (Å²) < 4.78 is 14.5. The minimum absolute atomic E-state index is 0.0665. The zero-order valence-corrected chi connectivity index (χ0v) is 8.59. The van der Waals surface area contributed by atoms with Crippen molar-refractivity contribution in [1.82, 2.24) is 0 Å². The Morgan fingerprint density at radius 2 is 2.40 bits per heavy atom. The van der Waals surface area contributed by atoms with Crippen molar-refractivity contribution >= 4 is 5.97 Å². The van der Waals surface area contributed by atoms with E-state index in [1.165, 1.54) is 0 Å². The van der Waals surface area contributed by atoms with Crippen molar-refractivity contribution in [2.75, 3.05) is 19.8 Å². The Labute approximate surface area is 87.7 Å². The van der Waals surface area contributed by atoms with Gasteiger partial charge in [0.2, 0.25) is 0 Å². The molecule has 1 saturated heterocycles. The molecule has 1 aliphatic heterocycles. The summed E-state index contributed by atoms with van der Waals surface area (Å²) in [6, 6.07) is 0. The minimum Gasteiger partial charge on any atom is -0.462 e. The second-order valence-corrected chi connectivity index (χ2v) is 3.28. The number of hydrogen-bond acceptors (Lipinski definition) is 6. The molecule has 1 heterocycles. The van der Waals surface area contributed by atoms with Crippen molar-refractivity contribution in [3.63, 3.8) is 0 Å². The average molecular weight is 220 g/mol. The summed E-state index contributed by atoms with van der Waals surface area (Å²) in [7, 11) is 0. The van der Waals surface area contributed by atoms with Crippen LogP contribution in [0.15, 0.2) is 0 Å². The lowest BCUT2D eigenvalue weighted by Crippen LogP contribution is -2.29. The summed E-state index contributed by atoms with van der Waals surface area (Å²) in [6.07, 6.45) is -1.89. The van der Waals surface area contributed by atoms with E-state index in [2.05, 4.69) is 4.74 Å². The molecule has 0 aromatic carbocycles. The number of rotatable bonds is 5. The van der Waals surface area contributed by atoms with Gasteiger partial charge in [-0.25, -0.2) is 4.79 Å². The van der Waals surface area contributed by atoms with Crippen LogP contribution >= 0.6 is 0 Å². The van der Waals surface area contributed by atoms with E-state index in [4.69, 9.17) is 19.7 Å². The number of hydrogen-bond donors (Lipinski definition) is 2. The Hall–Kier alpha value is -0.690. The number of esters is 1. The van der Waals surface area contributed by atoms with Crippen LogP contribution in [0.4, 0.5) is 0 Å². The SMILES string of the molecule is CCOC(=O)[C@@H](O)OC[C@H]1C[C@H](O)CO1. The minimum atomic E-state index is -1.58. The molecule has 1 rings (SSSR count). The average Bonchev–Trinajstić information content (AvgIpc) is 2.61. The lowest BCUT2D eigenvalue weighted by Gasteiger charge is -2.13. The molecule has 15 heavy (non-hydrogen) atoms. The normalized spacial score (nSPS) is 27.7. The second kappa shape index (κ2) is 6.02. The molecule has 0 bridgehead atoms. The Bertz CT molecular complexity index is 207. The van der Waals surface area contributed by atoms with Crippen LogP contribution in [-0.4, -0.2) is 54.5 Å². The third-order valence-electron chi connectivity index (χ3n) is 1.99. The first-order valence-electron chi connectivity index (χ1n) is 4.89. The van der Waals surface area contributed by atoms with Gasteiger partial charge in [-0.1, -0.05) is 0 Å². The molecule has 1 aliphatic rings. The number of aliphatic hydroxyl groups is 2. The quantitative estimate of drug-likeness (QED) is 0.458. The van der Waals surface area contributed by atoms with E-state index in [-0.39, 0.29) is 25.9 Å². The molecule has 1 fully saturated rings. The fourth-order valence-corrected chi connectivity index (χ4v) is 1.28. The highest BCUT2D eigenvalue weighted by molar-refractivity contribution is 5.72. The number of ether oxygens (including phenoxy) is 3. The third kappa shape index (κ3) is 4.13. The highest BCUT2D eigenvalue weighted by atomic mass is 16.7. The topological polar surface area (TPSA) is 85.2 Å². The Balaban J connectivity index is 2.16. The van der Waals surface area contributed by atoms with Gasteiger partial charge in [0.15, 0.2) is 0 Å². The van der Waals surface area contributed by atoms with Crippen LogP contribution in [0.3, 0.4) is 0 Å². The first-order chi connectivity index (χ1) is 7.13. The van der Waals surface area contributed by atoms with Gasteiger partial charge < -0.3 is 24.4 Å². The van der Waals surface area contributed by atoms with Crippen LogP contribution in [0.25, 0.3) is 0 Å². The molecule has 6 heteroatoms. The summed E-state index contributed by atoms with van der Waals surface area (Å²) in [4.78, 5) is 10.9. The molecule has 6 nitrogen and oxygen atoms in total. The largest absolute Gasteiger partial charge is 0.462 e. The molecule has 0 saturated carbocycles. The van der Waals surface area contributed by atoms with Crippen LogP contribution < -0.4 is 0 Å². The zero-order valence-electron chi connectivity index (χ0n) is 8.59. The van der Waals surface area contributed by atoms with Crippen LogP contribution in [0, 0.1) is 0 Å². The van der Waals surface area contributed by atoms with Gasteiger partial charge in [-0.3, -0.25) is 0 Å². The van der Waals surface area contributed by atoms with Gasteiger partial charge in [-0.2, -0.15) is 0 Å². The monoisotopic (exact) mass is 220 g/mol. The van der Waals surface area contributed by atoms with Crippen LogP contribution in [-0.2, 0) is 19.0 Å². The maximum absolute atomic E-state index is 10.9. The van der Waals surface area contributed by atoms with Gasteiger partial charge in [0.1, 0.15) is 0 Å². The van der Waals surface area contributed by atoms with E-state index >= 15 is 0 Å². The summed E-state index contributed by atoms with van der Waals surface area (Å²) >= 11 is 0. The lowest BCUT2D eigenvalue weighted by atomic mass is 10.2. The Morgan fingerprint density at radius 1 is 1.67 bits per heavy atom. The molecule has 0 aromatic heterocycles. The fourth-order valence-electron chi connectivity index (χ4n) is 1.28. The molecule has 0 aromatic rings. The van der Waals surface area contributed by atoms with Gasteiger partial charge in [0.25, 0.3) is 6.29 Å². The van der Waals surface area contributed by atoms with E-state index < -0.39 is 18.4 Å². The number of aliphatic hydroxyl groups excluding tert-OH is 2. The summed E-state index contributed by atoms with van der Waals surface area (Å²) in [5.41, 5.74) is 0. The van der Waals surface area contributed by atoms with Crippen molar-refractivity contribution in [1.29, 1.82) is 0 Å². The van der Waals surface area contributed by atoms with Crippen molar-refractivity contribution in [2.45, 2.75) is 31.8 Å². The lowest BCUT2D eigenvalue weighted by molar-refractivity contribution is -0.186. The summed E-state index contributed by atoms with van der Waals surface area (Å²) in [5, 5.41) is 18.3. The van der Waals surface area contributed by atoms with Crippen molar-refractivity contribution < 1.29 is 29.2 Å². The molecule has 88 valence electrons.